The number of carbonyl (C=O) groups excluding carboxylic acids is 2. The molecular formula is C12H13N3O4S. The van der Waals surface area contributed by atoms with E-state index in [2.05, 4.69) is 20.3 Å². The Hall–Kier alpha value is -2.19. The summed E-state index contributed by atoms with van der Waals surface area (Å²) in [6.07, 6.45) is 1.01. The second-order valence-electron chi connectivity index (χ2n) is 3.83. The largest absolute Gasteiger partial charge is 0.375 e. The minimum atomic E-state index is -0.806. The highest BCUT2D eigenvalue weighted by Gasteiger charge is 2.18. The first kappa shape index (κ1) is 14.2. The van der Waals surface area contributed by atoms with Crippen LogP contribution in [0.2, 0.25) is 0 Å². The molecule has 0 unspecified atom stereocenters. The molecule has 0 aliphatic rings. The highest BCUT2D eigenvalue weighted by molar-refractivity contribution is 7.07. The molecule has 1 atom stereocenters. The lowest BCUT2D eigenvalue weighted by molar-refractivity contribution is -0.136. The lowest BCUT2D eigenvalue weighted by Crippen LogP contribution is -2.37. The fourth-order valence-electron chi connectivity index (χ4n) is 1.51. The third kappa shape index (κ3) is 3.65. The predicted octanol–water partition coefficient (Wildman–Crippen LogP) is 1.18. The Labute approximate surface area is 118 Å². The van der Waals surface area contributed by atoms with Gasteiger partial charge < -0.3 is 14.6 Å². The Kier molecular flexibility index (Phi) is 4.85. The predicted molar refractivity (Wildman–Crippen MR) is 72.2 cm³/mol. The molecule has 0 bridgehead atoms. The van der Waals surface area contributed by atoms with Gasteiger partial charge in [0.2, 0.25) is 0 Å². The molecule has 106 valence electrons. The van der Waals surface area contributed by atoms with E-state index in [-0.39, 0.29) is 18.5 Å². The van der Waals surface area contributed by atoms with Crippen LogP contribution in [0.3, 0.4) is 0 Å². The number of carbonyl (C=O) groups is 2. The topological polar surface area (TPSA) is 93.5 Å². The first-order valence-electron chi connectivity index (χ1n) is 5.75. The number of thiophene rings is 1. The molecule has 8 heteroatoms. The maximum atomic E-state index is 11.6. The van der Waals surface area contributed by atoms with Crippen LogP contribution in [0.25, 0.3) is 0 Å². The number of nitrogens with one attached hydrogen (secondary N) is 2. The van der Waals surface area contributed by atoms with Gasteiger partial charge in [0.25, 0.3) is 0 Å². The quantitative estimate of drug-likeness (QED) is 0.808. The van der Waals surface area contributed by atoms with Crippen LogP contribution in [-0.4, -0.2) is 30.6 Å². The molecule has 0 aliphatic carbocycles. The lowest BCUT2D eigenvalue weighted by atomic mass is 10.2. The van der Waals surface area contributed by atoms with E-state index >= 15 is 0 Å². The van der Waals surface area contributed by atoms with Crippen LogP contribution in [0.15, 0.2) is 33.7 Å². The van der Waals surface area contributed by atoms with Crippen molar-refractivity contribution in [2.75, 3.05) is 19.0 Å². The van der Waals surface area contributed by atoms with Crippen molar-refractivity contribution in [2.45, 2.75) is 6.10 Å². The van der Waals surface area contributed by atoms with E-state index < -0.39 is 11.8 Å². The van der Waals surface area contributed by atoms with E-state index in [1.807, 2.05) is 16.8 Å². The number of nitrogens with zero attached hydrogens (tertiary/aromatic N) is 1. The number of amides is 2. The first-order chi connectivity index (χ1) is 9.70. The monoisotopic (exact) mass is 295 g/mol. The number of anilines is 1. The molecule has 2 rings (SSSR count). The van der Waals surface area contributed by atoms with Crippen LogP contribution in [-0.2, 0) is 14.3 Å². The Bertz CT molecular complexity index is 553. The third-order valence-electron chi connectivity index (χ3n) is 2.53. The van der Waals surface area contributed by atoms with Crippen LogP contribution in [0.4, 0.5) is 5.82 Å². The van der Waals surface area contributed by atoms with E-state index in [4.69, 9.17) is 4.74 Å². The van der Waals surface area contributed by atoms with Crippen molar-refractivity contribution in [3.05, 3.63) is 34.7 Å². The maximum Gasteiger partial charge on any atom is 0.314 e. The molecule has 0 aromatic carbocycles. The van der Waals surface area contributed by atoms with Gasteiger partial charge in [0.05, 0.1) is 0 Å². The van der Waals surface area contributed by atoms with Crippen LogP contribution < -0.4 is 10.6 Å². The highest BCUT2D eigenvalue weighted by Crippen LogP contribution is 2.18. The molecule has 7 nitrogen and oxygen atoms in total. The summed E-state index contributed by atoms with van der Waals surface area (Å²) in [7, 11) is 1.55. The summed E-state index contributed by atoms with van der Waals surface area (Å²) >= 11 is 1.54. The number of methoxy groups -OCH3 is 1. The molecule has 0 fully saturated rings. The fourth-order valence-corrected chi connectivity index (χ4v) is 2.21. The maximum absolute atomic E-state index is 11.6. The van der Waals surface area contributed by atoms with Gasteiger partial charge in [-0.2, -0.15) is 11.3 Å². The second-order valence-corrected chi connectivity index (χ2v) is 4.61. The third-order valence-corrected chi connectivity index (χ3v) is 3.23. The van der Waals surface area contributed by atoms with Crippen molar-refractivity contribution in [3.8, 4) is 0 Å². The van der Waals surface area contributed by atoms with Gasteiger partial charge in [0.1, 0.15) is 12.4 Å². The highest BCUT2D eigenvalue weighted by atomic mass is 32.1. The molecule has 20 heavy (non-hydrogen) atoms. The summed E-state index contributed by atoms with van der Waals surface area (Å²) < 4.78 is 9.81. The zero-order valence-electron chi connectivity index (χ0n) is 10.7. The molecule has 0 aliphatic heterocycles. The SMILES string of the molecule is CO[C@H](CNC(=O)C(=O)Nc1ccon1)c1ccsc1. The summed E-state index contributed by atoms with van der Waals surface area (Å²) in [6.45, 7) is 0.207. The van der Waals surface area contributed by atoms with Gasteiger partial charge >= 0.3 is 11.8 Å². The Morgan fingerprint density at radius 1 is 1.45 bits per heavy atom. The molecule has 2 N–H and O–H groups in total. The molecule has 2 heterocycles. The number of rotatable bonds is 5. The van der Waals surface area contributed by atoms with E-state index in [0.29, 0.717) is 0 Å². The van der Waals surface area contributed by atoms with Crippen molar-refractivity contribution >= 4 is 29.0 Å². The second kappa shape index (κ2) is 6.83. The van der Waals surface area contributed by atoms with Crippen molar-refractivity contribution < 1.29 is 18.8 Å². The average Bonchev–Trinajstić information content (AvgIpc) is 3.12. The van der Waals surface area contributed by atoms with Crippen molar-refractivity contribution in [3.63, 3.8) is 0 Å². The molecule has 0 radical (unpaired) electrons. The number of hydrogen-bond donors (Lipinski definition) is 2. The summed E-state index contributed by atoms with van der Waals surface area (Å²) in [5.74, 6) is -1.38. The first-order valence-corrected chi connectivity index (χ1v) is 6.69. The smallest absolute Gasteiger partial charge is 0.314 e. The van der Waals surface area contributed by atoms with Gasteiger partial charge in [-0.15, -0.1) is 0 Å². The van der Waals surface area contributed by atoms with Crippen LogP contribution in [0, 0.1) is 0 Å². The number of hydrogen-bond acceptors (Lipinski definition) is 6. The standard InChI is InChI=1S/C12H13N3O4S/c1-18-9(8-3-5-20-7-8)6-13-11(16)12(17)14-10-2-4-19-15-10/h2-5,7,9H,6H2,1H3,(H,13,16)(H,14,15,17)/t9-/m1/s1. The minimum Gasteiger partial charge on any atom is -0.375 e. The average molecular weight is 295 g/mol. The summed E-state index contributed by atoms with van der Waals surface area (Å²) in [5.41, 5.74) is 0.953. The zero-order chi connectivity index (χ0) is 14.4. The summed E-state index contributed by atoms with van der Waals surface area (Å²) in [4.78, 5) is 23.2. The molecule has 2 amide bonds. The fraction of sp³-hybridized carbons (Fsp3) is 0.250. The normalized spacial score (nSPS) is 11.8. The minimum absolute atomic E-state index is 0.186. The van der Waals surface area contributed by atoms with E-state index in [1.54, 1.807) is 7.11 Å². The molecule has 0 spiro atoms. The van der Waals surface area contributed by atoms with Crippen LogP contribution in [0.1, 0.15) is 11.7 Å². The Morgan fingerprint density at radius 2 is 2.30 bits per heavy atom. The molecule has 2 aromatic rings. The molecule has 0 saturated heterocycles. The van der Waals surface area contributed by atoms with Gasteiger partial charge in [0.15, 0.2) is 5.82 Å². The zero-order valence-corrected chi connectivity index (χ0v) is 11.5. The number of ether oxygens (including phenoxy) is 1. The summed E-state index contributed by atoms with van der Waals surface area (Å²) in [6, 6.07) is 3.34. The summed E-state index contributed by atoms with van der Waals surface area (Å²) in [5, 5.41) is 12.1. The molecule has 0 saturated carbocycles. The molecular weight excluding hydrogens is 282 g/mol. The van der Waals surface area contributed by atoms with Crippen molar-refractivity contribution in [2.24, 2.45) is 0 Å². The van der Waals surface area contributed by atoms with Gasteiger partial charge in [0, 0.05) is 19.7 Å². The van der Waals surface area contributed by atoms with Gasteiger partial charge in [-0.25, -0.2) is 0 Å². The van der Waals surface area contributed by atoms with Crippen molar-refractivity contribution in [1.82, 2.24) is 10.5 Å². The molecule has 2 aromatic heterocycles. The Balaban J connectivity index is 1.83. The van der Waals surface area contributed by atoms with E-state index in [9.17, 15) is 9.59 Å². The van der Waals surface area contributed by atoms with Crippen LogP contribution >= 0.6 is 11.3 Å². The lowest BCUT2D eigenvalue weighted by Gasteiger charge is -2.14. The van der Waals surface area contributed by atoms with Crippen molar-refractivity contribution in [1.29, 1.82) is 0 Å². The van der Waals surface area contributed by atoms with Gasteiger partial charge in [-0.1, -0.05) is 5.16 Å². The van der Waals surface area contributed by atoms with E-state index in [1.165, 1.54) is 23.7 Å². The van der Waals surface area contributed by atoms with Gasteiger partial charge in [-0.3, -0.25) is 14.9 Å². The van der Waals surface area contributed by atoms with E-state index in [0.717, 1.165) is 5.56 Å². The Morgan fingerprint density at radius 3 is 2.90 bits per heavy atom. The van der Waals surface area contributed by atoms with Crippen LogP contribution in [0.5, 0.6) is 0 Å². The van der Waals surface area contributed by atoms with Gasteiger partial charge in [-0.05, 0) is 22.4 Å². The number of aromatic nitrogens is 1.